The van der Waals surface area contributed by atoms with Crippen LogP contribution < -0.4 is 10.6 Å². The molecule has 3 aromatic carbocycles. The molecule has 3 aromatic rings. The lowest BCUT2D eigenvalue weighted by molar-refractivity contribution is -0.120. The first-order valence-corrected chi connectivity index (χ1v) is 11.0. The van der Waals surface area contributed by atoms with Crippen LogP contribution in [0.4, 0.5) is 0 Å². The van der Waals surface area contributed by atoms with E-state index in [0.717, 1.165) is 16.7 Å². The quantitative estimate of drug-likeness (QED) is 0.326. The number of β-amino-alcohol motifs (C(OH)–C–C–N with tert-alkyl or cyclic N) is 1. The lowest BCUT2D eigenvalue weighted by Crippen LogP contribution is -2.43. The van der Waals surface area contributed by atoms with Crippen molar-refractivity contribution in [1.29, 1.82) is 0 Å². The molecule has 1 amide bonds. The van der Waals surface area contributed by atoms with Gasteiger partial charge in [0.1, 0.15) is 11.5 Å². The van der Waals surface area contributed by atoms with E-state index < -0.39 is 6.10 Å². The number of rotatable bonds is 10. The average Bonchev–Trinajstić information content (AvgIpc) is 2.76. The van der Waals surface area contributed by atoms with E-state index in [1.165, 1.54) is 18.2 Å². The number of aromatic hydroxyl groups is 2. The Morgan fingerprint density at radius 2 is 1.52 bits per heavy atom. The summed E-state index contributed by atoms with van der Waals surface area (Å²) in [6.45, 7) is 4.85. The summed E-state index contributed by atoms with van der Waals surface area (Å²) in [7, 11) is 0. The molecule has 0 fully saturated rings. The van der Waals surface area contributed by atoms with Crippen LogP contribution in [0.1, 0.15) is 42.2 Å². The monoisotopic (exact) mass is 448 g/mol. The van der Waals surface area contributed by atoms with E-state index in [9.17, 15) is 20.1 Å². The van der Waals surface area contributed by atoms with Crippen LogP contribution in [0, 0.1) is 0 Å². The largest absolute Gasteiger partial charge is 0.508 e. The Hall–Kier alpha value is -3.35. The van der Waals surface area contributed by atoms with Crippen molar-refractivity contribution in [3.63, 3.8) is 0 Å². The molecule has 0 saturated heterocycles. The van der Waals surface area contributed by atoms with Crippen molar-refractivity contribution in [3.8, 4) is 11.5 Å². The summed E-state index contributed by atoms with van der Waals surface area (Å²) in [5.74, 6) is -0.202. The van der Waals surface area contributed by atoms with Gasteiger partial charge in [-0.3, -0.25) is 4.79 Å². The van der Waals surface area contributed by atoms with E-state index in [-0.39, 0.29) is 29.5 Å². The van der Waals surface area contributed by atoms with Crippen molar-refractivity contribution in [2.24, 2.45) is 0 Å². The summed E-state index contributed by atoms with van der Waals surface area (Å²) in [6, 6.07) is 21.9. The number of aliphatic hydroxyl groups excluding tert-OH is 1. The van der Waals surface area contributed by atoms with Crippen molar-refractivity contribution < 1.29 is 20.1 Å². The minimum Gasteiger partial charge on any atom is -0.508 e. The first-order valence-electron chi connectivity index (χ1n) is 11.0. The molecule has 174 valence electrons. The second-order valence-corrected chi connectivity index (χ2v) is 9.00. The molecule has 0 bridgehead atoms. The predicted molar refractivity (Wildman–Crippen MR) is 129 cm³/mol. The Bertz CT molecular complexity index is 1050. The van der Waals surface area contributed by atoms with Gasteiger partial charge in [0.25, 0.3) is 0 Å². The third-order valence-corrected chi connectivity index (χ3v) is 5.42. The fourth-order valence-corrected chi connectivity index (χ4v) is 3.77. The number of benzene rings is 3. The molecule has 5 N–H and O–H groups in total. The number of phenolic OH excluding ortho intramolecular Hbond substituents is 2. The molecule has 0 aromatic heterocycles. The van der Waals surface area contributed by atoms with Gasteiger partial charge in [0, 0.05) is 24.7 Å². The second-order valence-electron chi connectivity index (χ2n) is 9.00. The highest BCUT2D eigenvalue weighted by Gasteiger charge is 2.20. The topological polar surface area (TPSA) is 102 Å². The highest BCUT2D eigenvalue weighted by Crippen LogP contribution is 2.25. The zero-order valence-corrected chi connectivity index (χ0v) is 19.1. The van der Waals surface area contributed by atoms with Gasteiger partial charge in [-0.15, -0.1) is 0 Å². The van der Waals surface area contributed by atoms with E-state index in [2.05, 4.69) is 10.6 Å². The molecule has 3 rings (SSSR count). The summed E-state index contributed by atoms with van der Waals surface area (Å²) >= 11 is 0. The third kappa shape index (κ3) is 7.93. The Balaban J connectivity index is 1.53. The number of amides is 1. The molecule has 0 heterocycles. The zero-order valence-electron chi connectivity index (χ0n) is 19.1. The van der Waals surface area contributed by atoms with Gasteiger partial charge in [0.15, 0.2) is 0 Å². The maximum absolute atomic E-state index is 12.4. The SMILES string of the molecule is CC(C)(Cc1cccc(CC(=O)NCc2ccccc2)c1)NC[C@H](O)c1cc(O)cc(O)c1. The van der Waals surface area contributed by atoms with Crippen molar-refractivity contribution >= 4 is 5.91 Å². The standard InChI is InChI=1S/C27H32N2O4/c1-27(2,29-18-25(32)22-13-23(30)15-24(31)14-22)16-21-10-6-9-20(11-21)12-26(33)28-17-19-7-4-3-5-8-19/h3-11,13-15,25,29-32H,12,16-18H2,1-2H3,(H,28,33)/t25-/m0/s1. The van der Waals surface area contributed by atoms with E-state index >= 15 is 0 Å². The van der Waals surface area contributed by atoms with Crippen molar-refractivity contribution in [3.05, 3.63) is 95.1 Å². The molecular formula is C27H32N2O4. The summed E-state index contributed by atoms with van der Waals surface area (Å²) in [4.78, 5) is 12.4. The highest BCUT2D eigenvalue weighted by molar-refractivity contribution is 5.78. The van der Waals surface area contributed by atoms with Crippen LogP contribution in [0.15, 0.2) is 72.8 Å². The molecular weight excluding hydrogens is 416 g/mol. The van der Waals surface area contributed by atoms with Gasteiger partial charge in [-0.2, -0.15) is 0 Å². The number of carbonyl (C=O) groups is 1. The second kappa shape index (κ2) is 11.0. The number of carbonyl (C=O) groups excluding carboxylic acids is 1. The van der Waals surface area contributed by atoms with Gasteiger partial charge in [0.05, 0.1) is 12.5 Å². The van der Waals surface area contributed by atoms with Crippen LogP contribution in [0.5, 0.6) is 11.5 Å². The Kier molecular flexibility index (Phi) is 8.09. The Morgan fingerprint density at radius 1 is 0.879 bits per heavy atom. The lowest BCUT2D eigenvalue weighted by atomic mass is 9.93. The van der Waals surface area contributed by atoms with Gasteiger partial charge in [-0.25, -0.2) is 0 Å². The number of nitrogens with one attached hydrogen (secondary N) is 2. The van der Waals surface area contributed by atoms with E-state index in [4.69, 9.17) is 0 Å². The predicted octanol–water partition coefficient (Wildman–Crippen LogP) is 3.60. The fourth-order valence-electron chi connectivity index (χ4n) is 3.77. The fraction of sp³-hybridized carbons (Fsp3) is 0.296. The van der Waals surface area contributed by atoms with Crippen LogP contribution in [-0.2, 0) is 24.2 Å². The van der Waals surface area contributed by atoms with Crippen molar-refractivity contribution in [2.75, 3.05) is 6.54 Å². The van der Waals surface area contributed by atoms with Crippen LogP contribution in [0.25, 0.3) is 0 Å². The molecule has 0 aliphatic rings. The van der Waals surface area contributed by atoms with E-state index in [1.54, 1.807) is 0 Å². The molecule has 6 heteroatoms. The molecule has 6 nitrogen and oxygen atoms in total. The van der Waals surface area contributed by atoms with Crippen molar-refractivity contribution in [1.82, 2.24) is 10.6 Å². The molecule has 0 aliphatic carbocycles. The van der Waals surface area contributed by atoms with E-state index in [1.807, 2.05) is 68.4 Å². The number of aliphatic hydroxyl groups is 1. The summed E-state index contributed by atoms with van der Waals surface area (Å²) in [5.41, 5.74) is 3.22. The lowest BCUT2D eigenvalue weighted by Gasteiger charge is -2.28. The van der Waals surface area contributed by atoms with Crippen LogP contribution in [0.3, 0.4) is 0 Å². The first-order chi connectivity index (χ1) is 15.7. The van der Waals surface area contributed by atoms with Crippen LogP contribution in [0.2, 0.25) is 0 Å². The van der Waals surface area contributed by atoms with Crippen molar-refractivity contribution in [2.45, 2.75) is 44.9 Å². The van der Waals surface area contributed by atoms with Gasteiger partial charge < -0.3 is 26.0 Å². The number of phenols is 2. The molecule has 0 radical (unpaired) electrons. The van der Waals surface area contributed by atoms with Crippen LogP contribution >= 0.6 is 0 Å². The normalized spacial score (nSPS) is 12.3. The highest BCUT2D eigenvalue weighted by atomic mass is 16.3. The summed E-state index contributed by atoms with van der Waals surface area (Å²) < 4.78 is 0. The zero-order chi connectivity index (χ0) is 23.8. The maximum atomic E-state index is 12.4. The minimum atomic E-state index is -0.873. The van der Waals surface area contributed by atoms with Crippen LogP contribution in [-0.4, -0.2) is 33.3 Å². The molecule has 33 heavy (non-hydrogen) atoms. The molecule has 0 aliphatic heterocycles. The third-order valence-electron chi connectivity index (χ3n) is 5.42. The first kappa shape index (κ1) is 24.3. The molecule has 0 spiro atoms. The average molecular weight is 449 g/mol. The molecule has 1 atom stereocenters. The summed E-state index contributed by atoms with van der Waals surface area (Å²) in [6.07, 6.45) is 0.139. The summed E-state index contributed by atoms with van der Waals surface area (Å²) in [5, 5.41) is 36.0. The van der Waals surface area contributed by atoms with Gasteiger partial charge in [-0.1, -0.05) is 54.6 Å². The molecule has 0 unspecified atom stereocenters. The van der Waals surface area contributed by atoms with E-state index in [0.29, 0.717) is 24.9 Å². The van der Waals surface area contributed by atoms with Gasteiger partial charge >= 0.3 is 0 Å². The smallest absolute Gasteiger partial charge is 0.224 e. The molecule has 0 saturated carbocycles. The number of hydrogen-bond donors (Lipinski definition) is 5. The van der Waals surface area contributed by atoms with Gasteiger partial charge in [-0.05, 0) is 54.7 Å². The minimum absolute atomic E-state index is 0.0223. The Labute approximate surface area is 194 Å². The maximum Gasteiger partial charge on any atom is 0.224 e. The van der Waals surface area contributed by atoms with Gasteiger partial charge in [0.2, 0.25) is 5.91 Å². The Morgan fingerprint density at radius 3 is 2.21 bits per heavy atom. The number of hydrogen-bond acceptors (Lipinski definition) is 5.